The van der Waals surface area contributed by atoms with Crippen LogP contribution in [-0.2, 0) is 0 Å². The van der Waals surface area contributed by atoms with Gasteiger partial charge >= 0.3 is 5.69 Å². The van der Waals surface area contributed by atoms with Gasteiger partial charge in [-0.2, -0.15) is 0 Å². The Bertz CT molecular complexity index is 1490. The molecule has 0 unspecified atom stereocenters. The van der Waals surface area contributed by atoms with E-state index in [-0.39, 0.29) is 37.9 Å². The Labute approximate surface area is 192 Å². The number of rotatable bonds is 3. The normalized spacial score (nSPS) is 12.9. The molecule has 34 heavy (non-hydrogen) atoms. The summed E-state index contributed by atoms with van der Waals surface area (Å²) in [6.07, 6.45) is 0. The lowest BCUT2D eigenvalue weighted by Crippen LogP contribution is -2.42. The fourth-order valence-corrected chi connectivity index (χ4v) is 8.92. The van der Waals surface area contributed by atoms with E-state index in [9.17, 15) is 15.2 Å². The van der Waals surface area contributed by atoms with E-state index in [4.69, 9.17) is 9.26 Å². The molecule has 9 nitrogen and oxygen atoms in total. The summed E-state index contributed by atoms with van der Waals surface area (Å²) in [5.41, 5.74) is -0.647. The third-order valence-corrected chi connectivity index (χ3v) is 10.2. The minimum Gasteiger partial charge on any atom is -0.359 e. The topological polar surface area (TPSA) is 123 Å². The van der Waals surface area contributed by atoms with Gasteiger partial charge in [-0.15, -0.1) is 0 Å². The molecule has 10 heteroatoms. The zero-order valence-corrected chi connectivity index (χ0v) is 18.3. The number of Topliss-reactive ketones (excluding diaryl/α,β-unsaturated/α-hetero) is 1. The number of carbonyl (C=O) groups is 1. The Balaban J connectivity index is 1.92. The molecular formula is C24H15N4O5P. The van der Waals surface area contributed by atoms with Crippen molar-refractivity contribution < 1.29 is 23.9 Å². The van der Waals surface area contributed by atoms with Gasteiger partial charge in [0.1, 0.15) is 0 Å². The molecular weight excluding hydrogens is 455 g/mol. The minimum absolute atomic E-state index is 0.0310. The maximum Gasteiger partial charge on any atom is 0.307 e. The van der Waals surface area contributed by atoms with Crippen LogP contribution in [-0.4, -0.2) is 21.4 Å². The summed E-state index contributed by atoms with van der Waals surface area (Å²) < 4.78 is 9.64. The van der Waals surface area contributed by atoms with E-state index >= 15 is 0 Å². The number of ketones is 1. The first-order chi connectivity index (χ1) is 16.6. The maximum absolute atomic E-state index is 14.1. The van der Waals surface area contributed by atoms with Gasteiger partial charge in [-0.05, 0) is 32.6 Å². The molecule has 0 radical (unpaired) electrons. The van der Waals surface area contributed by atoms with E-state index in [1.807, 2.05) is 91.0 Å². The highest BCUT2D eigenvalue weighted by Gasteiger charge is 2.51. The largest absolute Gasteiger partial charge is 0.359 e. The van der Waals surface area contributed by atoms with Crippen LogP contribution in [0.25, 0.3) is 11.4 Å². The third kappa shape index (κ3) is 2.64. The highest BCUT2D eigenvalue weighted by atomic mass is 31.2. The lowest BCUT2D eigenvalue weighted by atomic mass is 10.0. The standard InChI is InChI=1S/C24H15N4O5P/c29-23-22-19(25-32-28(22)31)21-20(26-33-27(21)30)24(23)34(16-10-4-1-5-11-16,17-12-6-2-7-13-17)18-14-8-3-9-15-18/h1-15H. The van der Waals surface area contributed by atoms with Gasteiger partial charge in [0.15, 0.2) is 0 Å². The van der Waals surface area contributed by atoms with Gasteiger partial charge in [-0.3, -0.25) is 14.1 Å². The third-order valence-electron chi connectivity index (χ3n) is 5.87. The van der Waals surface area contributed by atoms with E-state index in [0.29, 0.717) is 0 Å². The number of nitrogens with zero attached hydrogens (tertiary/aromatic N) is 4. The number of aromatic nitrogens is 4. The Morgan fingerprint density at radius 2 is 1.03 bits per heavy atom. The highest BCUT2D eigenvalue weighted by molar-refractivity contribution is 7.97. The first-order valence-electron chi connectivity index (χ1n) is 10.3. The van der Waals surface area contributed by atoms with Crippen LogP contribution in [0.15, 0.2) is 100 Å². The van der Waals surface area contributed by atoms with Crippen molar-refractivity contribution in [2.75, 3.05) is 0 Å². The molecule has 0 atom stereocenters. The van der Waals surface area contributed by atoms with Gasteiger partial charge in [0.05, 0.1) is 10.5 Å². The second kappa shape index (κ2) is 7.54. The molecule has 0 N–H and O–H groups in total. The molecule has 2 aromatic heterocycles. The van der Waals surface area contributed by atoms with E-state index in [1.165, 1.54) is 0 Å². The summed E-state index contributed by atoms with van der Waals surface area (Å²) in [5.74, 6) is -0.613. The summed E-state index contributed by atoms with van der Waals surface area (Å²) >= 11 is 0. The molecule has 1 aliphatic carbocycles. The number of hydrogen-bond acceptors (Lipinski definition) is 7. The van der Waals surface area contributed by atoms with E-state index in [0.717, 1.165) is 15.9 Å². The van der Waals surface area contributed by atoms with Gasteiger partial charge in [0.2, 0.25) is 5.78 Å². The van der Waals surface area contributed by atoms with Crippen molar-refractivity contribution in [3.63, 3.8) is 0 Å². The van der Waals surface area contributed by atoms with Crippen molar-refractivity contribution >= 4 is 33.9 Å². The fourth-order valence-electron chi connectivity index (χ4n) is 4.52. The molecule has 6 rings (SSSR count). The first-order valence-corrected chi connectivity index (χ1v) is 12.1. The lowest BCUT2D eigenvalue weighted by Gasteiger charge is -2.31. The Morgan fingerprint density at radius 1 is 0.618 bits per heavy atom. The predicted octanol–water partition coefficient (Wildman–Crippen LogP) is 1.31. The molecule has 0 spiro atoms. The summed E-state index contributed by atoms with van der Waals surface area (Å²) in [6.45, 7) is -2.98. The molecule has 0 saturated heterocycles. The number of fused-ring (bicyclic) bond motifs is 3. The van der Waals surface area contributed by atoms with Crippen molar-refractivity contribution in [3.05, 3.63) is 113 Å². The van der Waals surface area contributed by atoms with E-state index in [1.54, 1.807) is 0 Å². The van der Waals surface area contributed by atoms with Crippen molar-refractivity contribution in [3.8, 4) is 11.4 Å². The molecule has 1 aliphatic rings. The first kappa shape index (κ1) is 20.1. The van der Waals surface area contributed by atoms with Gasteiger partial charge in [0, 0.05) is 5.16 Å². The van der Waals surface area contributed by atoms with Crippen LogP contribution in [0.4, 0.5) is 0 Å². The molecule has 0 aliphatic heterocycles. The number of hydrogen-bond donors (Lipinski definition) is 0. The van der Waals surface area contributed by atoms with Crippen LogP contribution in [0, 0.1) is 10.4 Å². The van der Waals surface area contributed by atoms with Crippen LogP contribution < -0.4 is 25.7 Å². The summed E-state index contributed by atoms with van der Waals surface area (Å²) in [7, 11) is 0. The Hall–Kier alpha value is -4.49. The van der Waals surface area contributed by atoms with Gasteiger partial charge < -0.3 is 10.4 Å². The molecule has 2 heterocycles. The molecule has 5 aromatic rings. The molecule has 3 aromatic carbocycles. The number of carbonyl (C=O) groups excluding carboxylic acids is 1. The summed E-state index contributed by atoms with van der Waals surface area (Å²) in [4.78, 5) is 14.3. The average Bonchev–Trinajstić information content (AvgIpc) is 3.46. The van der Waals surface area contributed by atoms with Crippen molar-refractivity contribution in [2.24, 2.45) is 0 Å². The van der Waals surface area contributed by atoms with Gasteiger partial charge in [-0.1, -0.05) is 91.0 Å². The Morgan fingerprint density at radius 3 is 1.50 bits per heavy atom. The molecule has 0 bridgehead atoms. The molecule has 0 amide bonds. The average molecular weight is 470 g/mol. The zero-order valence-electron chi connectivity index (χ0n) is 17.4. The monoisotopic (exact) mass is 470 g/mol. The van der Waals surface area contributed by atoms with Crippen LogP contribution >= 0.6 is 6.89 Å². The SMILES string of the molecule is O=C1C(=P(c2ccccc2)(c2ccccc2)c2ccccc2)c2no[n+]([O-])c2-c2no[n+]([O-])c21. The van der Waals surface area contributed by atoms with E-state index < -0.39 is 12.7 Å². The van der Waals surface area contributed by atoms with Crippen LogP contribution in [0.5, 0.6) is 0 Å². The van der Waals surface area contributed by atoms with Crippen molar-refractivity contribution in [1.82, 2.24) is 10.3 Å². The van der Waals surface area contributed by atoms with Gasteiger partial charge in [0.25, 0.3) is 17.1 Å². The predicted molar refractivity (Wildman–Crippen MR) is 124 cm³/mol. The Kier molecular flexibility index (Phi) is 4.46. The zero-order chi connectivity index (χ0) is 23.3. The number of benzene rings is 3. The maximum atomic E-state index is 14.1. The van der Waals surface area contributed by atoms with Crippen LogP contribution in [0.2, 0.25) is 0 Å². The van der Waals surface area contributed by atoms with Gasteiger partial charge in [-0.25, -0.2) is 0 Å². The lowest BCUT2D eigenvalue weighted by molar-refractivity contribution is -0.803. The quantitative estimate of drug-likeness (QED) is 0.288. The summed E-state index contributed by atoms with van der Waals surface area (Å²) in [5, 5.41) is 35.5. The van der Waals surface area contributed by atoms with E-state index in [2.05, 4.69) is 10.3 Å². The fraction of sp³-hybridized carbons (Fsp3) is 0. The molecule has 0 fully saturated rings. The molecule has 0 saturated carbocycles. The van der Waals surface area contributed by atoms with Crippen molar-refractivity contribution in [2.45, 2.75) is 0 Å². The smallest absolute Gasteiger partial charge is 0.307 e. The second-order valence-electron chi connectivity index (χ2n) is 7.61. The molecule has 166 valence electrons. The van der Waals surface area contributed by atoms with Crippen LogP contribution in [0.1, 0.15) is 16.2 Å². The van der Waals surface area contributed by atoms with Crippen LogP contribution in [0.3, 0.4) is 0 Å². The summed E-state index contributed by atoms with van der Waals surface area (Å²) in [6, 6.07) is 28.6. The van der Waals surface area contributed by atoms with Crippen molar-refractivity contribution in [1.29, 1.82) is 0 Å². The second-order valence-corrected chi connectivity index (χ2v) is 10.9. The highest BCUT2D eigenvalue weighted by Crippen LogP contribution is 2.50. The minimum atomic E-state index is -2.98.